The first-order valence-corrected chi connectivity index (χ1v) is 9.22. The molecule has 0 radical (unpaired) electrons. The lowest BCUT2D eigenvalue weighted by molar-refractivity contribution is 0.0686. The first kappa shape index (κ1) is 20.6. The number of pyridine rings is 1. The third-order valence-electron chi connectivity index (χ3n) is 5.23. The van der Waals surface area contributed by atoms with Crippen molar-refractivity contribution in [3.63, 3.8) is 0 Å². The summed E-state index contributed by atoms with van der Waals surface area (Å²) in [5.41, 5.74) is -2.78. The molecular formula is C20H15F4N3O4. The summed E-state index contributed by atoms with van der Waals surface area (Å²) in [6.07, 6.45) is 2.20. The highest BCUT2D eigenvalue weighted by atomic mass is 19.1. The molecule has 0 fully saturated rings. The lowest BCUT2D eigenvalue weighted by atomic mass is 10.1. The molecule has 2 N–H and O–H groups in total. The zero-order valence-corrected chi connectivity index (χ0v) is 15.8. The van der Waals surface area contributed by atoms with E-state index >= 15 is 0 Å². The molecule has 4 rings (SSSR count). The molecule has 0 aliphatic carbocycles. The number of aromatic hydroxyl groups is 1. The molecule has 1 unspecified atom stereocenters. The Labute approximate surface area is 172 Å². The van der Waals surface area contributed by atoms with Crippen LogP contribution in [0.4, 0.5) is 17.6 Å². The minimum Gasteiger partial charge on any atom is -0.503 e. The number of nitrogens with one attached hydrogen (secondary N) is 1. The van der Waals surface area contributed by atoms with Crippen LogP contribution in [0.1, 0.15) is 38.9 Å². The van der Waals surface area contributed by atoms with E-state index in [1.54, 1.807) is 0 Å². The highest BCUT2D eigenvalue weighted by molar-refractivity contribution is 5.99. The predicted octanol–water partition coefficient (Wildman–Crippen LogP) is 2.16. The van der Waals surface area contributed by atoms with Crippen molar-refractivity contribution in [3.05, 3.63) is 74.7 Å². The highest BCUT2D eigenvalue weighted by Crippen LogP contribution is 2.31. The van der Waals surface area contributed by atoms with Crippen LogP contribution in [0, 0.1) is 17.5 Å². The summed E-state index contributed by atoms with van der Waals surface area (Å²) in [5, 5.41) is 12.5. The normalized spacial score (nSPS) is 17.7. The Morgan fingerprint density at radius 1 is 1.16 bits per heavy atom. The Morgan fingerprint density at radius 2 is 1.84 bits per heavy atom. The van der Waals surface area contributed by atoms with Gasteiger partial charge in [0, 0.05) is 49.9 Å². The maximum Gasteiger partial charge on any atom is 0.274 e. The minimum atomic E-state index is -1.23. The number of fused-ring (bicyclic) bond motifs is 4. The van der Waals surface area contributed by atoms with E-state index in [0.29, 0.717) is 12.1 Å². The van der Waals surface area contributed by atoms with Gasteiger partial charge in [-0.3, -0.25) is 14.4 Å². The van der Waals surface area contributed by atoms with E-state index in [0.717, 1.165) is 10.8 Å². The predicted molar refractivity (Wildman–Crippen MR) is 98.6 cm³/mol. The lowest BCUT2D eigenvalue weighted by Gasteiger charge is -2.33. The lowest BCUT2D eigenvalue weighted by Crippen LogP contribution is -2.44. The van der Waals surface area contributed by atoms with Gasteiger partial charge in [0.25, 0.3) is 11.8 Å². The Balaban J connectivity index is 1.70. The molecule has 0 saturated carbocycles. The van der Waals surface area contributed by atoms with Crippen LogP contribution in [0.3, 0.4) is 0 Å². The standard InChI is InChI=1S/C20H15F4N3O4/c21-9-1-2-26-7-11(3-9)27-8-13(17(28)18(29)16(27)20(26)31)19(30)25-6-12-14(23)4-10(22)5-15(12)24/h3-5,8,11,29H,1-2,6-7H2,(H,25,30). The number of carbonyl (C=O) groups is 2. The SMILES string of the molecule is O=C(NCc1c(F)cc(F)cc1F)c1cn2c(c(O)c1=O)C(=O)N1CCC(F)=CC2C1. The Hall–Kier alpha value is -3.63. The van der Waals surface area contributed by atoms with Crippen molar-refractivity contribution in [1.82, 2.24) is 14.8 Å². The number of carbonyl (C=O) groups excluding carboxylic acids is 2. The van der Waals surface area contributed by atoms with Crippen LogP contribution in [-0.4, -0.2) is 39.5 Å². The number of hydrogen-bond donors (Lipinski definition) is 2. The summed E-state index contributed by atoms with van der Waals surface area (Å²) in [7, 11) is 0. The van der Waals surface area contributed by atoms with Gasteiger partial charge in [-0.15, -0.1) is 0 Å². The van der Waals surface area contributed by atoms with Crippen LogP contribution in [-0.2, 0) is 6.54 Å². The van der Waals surface area contributed by atoms with Crippen molar-refractivity contribution >= 4 is 11.8 Å². The van der Waals surface area contributed by atoms with E-state index < -0.39 is 70.0 Å². The maximum atomic E-state index is 14.0. The van der Waals surface area contributed by atoms with Gasteiger partial charge < -0.3 is 19.9 Å². The van der Waals surface area contributed by atoms with Gasteiger partial charge in [-0.1, -0.05) is 0 Å². The second-order valence-corrected chi connectivity index (χ2v) is 7.19. The summed E-state index contributed by atoms with van der Waals surface area (Å²) in [4.78, 5) is 38.9. The molecule has 2 amide bonds. The molecule has 0 saturated heterocycles. The number of nitrogens with zero attached hydrogens (tertiary/aromatic N) is 2. The molecule has 1 atom stereocenters. The quantitative estimate of drug-likeness (QED) is 0.720. The first-order chi connectivity index (χ1) is 14.7. The molecule has 2 aromatic rings. The van der Waals surface area contributed by atoms with Gasteiger partial charge in [-0.05, 0) is 6.08 Å². The molecule has 31 heavy (non-hydrogen) atoms. The van der Waals surface area contributed by atoms with E-state index in [1.165, 1.54) is 11.0 Å². The minimum absolute atomic E-state index is 0.0239. The molecule has 2 aliphatic heterocycles. The van der Waals surface area contributed by atoms with Gasteiger partial charge >= 0.3 is 0 Å². The molecule has 162 valence electrons. The summed E-state index contributed by atoms with van der Waals surface area (Å²) in [5.74, 6) is -6.84. The smallest absolute Gasteiger partial charge is 0.274 e. The Morgan fingerprint density at radius 3 is 2.52 bits per heavy atom. The second-order valence-electron chi connectivity index (χ2n) is 7.19. The van der Waals surface area contributed by atoms with Crippen LogP contribution >= 0.6 is 0 Å². The Kier molecular flexibility index (Phi) is 5.03. The van der Waals surface area contributed by atoms with Crippen molar-refractivity contribution in [1.29, 1.82) is 0 Å². The number of halogens is 4. The van der Waals surface area contributed by atoms with Gasteiger partial charge in [-0.2, -0.15) is 0 Å². The van der Waals surface area contributed by atoms with Crippen LogP contribution in [0.5, 0.6) is 5.75 Å². The van der Waals surface area contributed by atoms with Gasteiger partial charge in [-0.25, -0.2) is 17.6 Å². The number of hydrogen-bond acceptors (Lipinski definition) is 4. The third kappa shape index (κ3) is 3.56. The molecule has 1 aromatic carbocycles. The summed E-state index contributed by atoms with van der Waals surface area (Å²) >= 11 is 0. The molecule has 3 heterocycles. The van der Waals surface area contributed by atoms with Crippen molar-refractivity contribution < 1.29 is 32.3 Å². The van der Waals surface area contributed by atoms with Gasteiger partial charge in [0.15, 0.2) is 11.4 Å². The van der Waals surface area contributed by atoms with Crippen LogP contribution in [0.2, 0.25) is 0 Å². The topological polar surface area (TPSA) is 91.6 Å². The Bertz CT molecular complexity index is 1180. The summed E-state index contributed by atoms with van der Waals surface area (Å²) in [6.45, 7) is -0.555. The van der Waals surface area contributed by atoms with Crippen molar-refractivity contribution in [2.75, 3.05) is 13.1 Å². The largest absolute Gasteiger partial charge is 0.503 e. The molecular weight excluding hydrogens is 422 g/mol. The molecule has 2 bridgehead atoms. The average molecular weight is 437 g/mol. The van der Waals surface area contributed by atoms with Gasteiger partial charge in [0.2, 0.25) is 5.43 Å². The van der Waals surface area contributed by atoms with E-state index in [2.05, 4.69) is 5.32 Å². The summed E-state index contributed by atoms with van der Waals surface area (Å²) in [6, 6.07) is 0.114. The highest BCUT2D eigenvalue weighted by Gasteiger charge is 2.36. The average Bonchev–Trinajstić information content (AvgIpc) is 2.87. The van der Waals surface area contributed by atoms with E-state index in [-0.39, 0.29) is 25.2 Å². The second kappa shape index (κ2) is 7.56. The zero-order valence-electron chi connectivity index (χ0n) is 15.8. The van der Waals surface area contributed by atoms with Crippen molar-refractivity contribution in [2.24, 2.45) is 0 Å². The first-order valence-electron chi connectivity index (χ1n) is 9.22. The molecule has 11 heteroatoms. The number of rotatable bonds is 3. The van der Waals surface area contributed by atoms with Crippen LogP contribution in [0.25, 0.3) is 0 Å². The van der Waals surface area contributed by atoms with Crippen LogP contribution < -0.4 is 10.7 Å². The summed E-state index contributed by atoms with van der Waals surface area (Å²) < 4.78 is 55.7. The fraction of sp³-hybridized carbons (Fsp3) is 0.250. The van der Waals surface area contributed by atoms with Gasteiger partial charge in [0.05, 0.1) is 11.9 Å². The fourth-order valence-electron chi connectivity index (χ4n) is 3.67. The van der Waals surface area contributed by atoms with E-state index in [4.69, 9.17) is 0 Å². The molecule has 2 aliphatic rings. The van der Waals surface area contributed by atoms with E-state index in [9.17, 15) is 37.1 Å². The zero-order chi connectivity index (χ0) is 22.4. The third-order valence-corrected chi connectivity index (χ3v) is 5.23. The van der Waals surface area contributed by atoms with Crippen LogP contribution in [0.15, 0.2) is 35.0 Å². The van der Waals surface area contributed by atoms with Gasteiger partial charge in [0.1, 0.15) is 23.0 Å². The van der Waals surface area contributed by atoms with E-state index in [1.807, 2.05) is 0 Å². The number of benzene rings is 1. The molecule has 7 nitrogen and oxygen atoms in total. The number of aromatic nitrogens is 1. The maximum absolute atomic E-state index is 14.0. The molecule has 0 spiro atoms. The van der Waals surface area contributed by atoms with Crippen molar-refractivity contribution in [2.45, 2.75) is 19.0 Å². The van der Waals surface area contributed by atoms with Crippen molar-refractivity contribution in [3.8, 4) is 5.75 Å². The molecule has 1 aromatic heterocycles. The monoisotopic (exact) mass is 437 g/mol. The number of amides is 2. The fourth-order valence-corrected chi connectivity index (χ4v) is 3.67.